The van der Waals surface area contributed by atoms with Gasteiger partial charge in [-0.15, -0.1) is 0 Å². The summed E-state index contributed by atoms with van der Waals surface area (Å²) < 4.78 is 27.0. The third-order valence-corrected chi connectivity index (χ3v) is 5.15. The first-order valence-electron chi connectivity index (χ1n) is 7.17. The molecule has 1 aliphatic heterocycles. The first-order chi connectivity index (χ1) is 10.5. The van der Waals surface area contributed by atoms with Crippen LogP contribution in [0.15, 0.2) is 29.2 Å². The van der Waals surface area contributed by atoms with Crippen LogP contribution in [-0.2, 0) is 19.6 Å². The number of rotatable bonds is 4. The van der Waals surface area contributed by atoms with Crippen LogP contribution in [0.4, 0.5) is 5.69 Å². The molecule has 2 N–H and O–H groups in total. The Kier molecular flexibility index (Phi) is 4.50. The van der Waals surface area contributed by atoms with Crippen molar-refractivity contribution in [1.82, 2.24) is 4.72 Å². The first kappa shape index (κ1) is 17.4. The number of carboxylic acids is 1. The molecule has 1 fully saturated rings. The minimum absolute atomic E-state index is 0.0407. The molecule has 1 atom stereocenters. The largest absolute Gasteiger partial charge is 0.481 e. The molecule has 2 rings (SSSR count). The van der Waals surface area contributed by atoms with Gasteiger partial charge in [0.1, 0.15) is 0 Å². The first-order valence-corrected chi connectivity index (χ1v) is 8.65. The maximum Gasteiger partial charge on any atom is 0.308 e. The van der Waals surface area contributed by atoms with Crippen molar-refractivity contribution in [3.63, 3.8) is 0 Å². The summed E-state index contributed by atoms with van der Waals surface area (Å²) in [6, 6.07) is 5.84. The standard InChI is InChI=1S/C15H20N2O5S/c1-15(2,3)16-23(21,22)12-6-4-11(5-7-12)17-9-10(14(19)20)8-13(17)18/h4-7,10,16H,8-9H2,1-3H3,(H,19,20). The molecule has 0 bridgehead atoms. The second kappa shape index (κ2) is 5.93. The molecule has 23 heavy (non-hydrogen) atoms. The molecule has 1 amide bonds. The fourth-order valence-corrected chi connectivity index (χ4v) is 3.81. The van der Waals surface area contributed by atoms with Gasteiger partial charge in [-0.3, -0.25) is 9.59 Å². The van der Waals surface area contributed by atoms with E-state index in [1.807, 2.05) is 0 Å². The highest BCUT2D eigenvalue weighted by atomic mass is 32.2. The van der Waals surface area contributed by atoms with E-state index in [1.165, 1.54) is 29.2 Å². The van der Waals surface area contributed by atoms with Crippen molar-refractivity contribution >= 4 is 27.6 Å². The molecular weight excluding hydrogens is 320 g/mol. The van der Waals surface area contributed by atoms with Crippen molar-refractivity contribution in [3.8, 4) is 0 Å². The number of hydrogen-bond acceptors (Lipinski definition) is 4. The van der Waals surface area contributed by atoms with Crippen molar-refractivity contribution in [2.75, 3.05) is 11.4 Å². The number of amides is 1. The summed E-state index contributed by atoms with van der Waals surface area (Å²) >= 11 is 0. The van der Waals surface area contributed by atoms with Gasteiger partial charge >= 0.3 is 5.97 Å². The lowest BCUT2D eigenvalue weighted by atomic mass is 10.1. The highest BCUT2D eigenvalue weighted by Crippen LogP contribution is 2.26. The van der Waals surface area contributed by atoms with Gasteiger partial charge in [-0.25, -0.2) is 13.1 Å². The van der Waals surface area contributed by atoms with E-state index in [2.05, 4.69) is 4.72 Å². The van der Waals surface area contributed by atoms with E-state index in [0.29, 0.717) is 5.69 Å². The Labute approximate surface area is 135 Å². The van der Waals surface area contributed by atoms with Crippen molar-refractivity contribution in [3.05, 3.63) is 24.3 Å². The Bertz CT molecular complexity index is 719. The van der Waals surface area contributed by atoms with E-state index in [4.69, 9.17) is 5.11 Å². The molecule has 0 radical (unpaired) electrons. The lowest BCUT2D eigenvalue weighted by molar-refractivity contribution is -0.141. The summed E-state index contributed by atoms with van der Waals surface area (Å²) in [7, 11) is -3.64. The SMILES string of the molecule is CC(C)(C)NS(=O)(=O)c1ccc(N2CC(C(=O)O)CC2=O)cc1. The molecule has 0 aromatic heterocycles. The molecule has 0 aliphatic carbocycles. The van der Waals surface area contributed by atoms with E-state index in [0.717, 1.165) is 0 Å². The summed E-state index contributed by atoms with van der Waals surface area (Å²) in [5, 5.41) is 8.99. The summed E-state index contributed by atoms with van der Waals surface area (Å²) in [5.41, 5.74) is -0.106. The monoisotopic (exact) mass is 340 g/mol. The van der Waals surface area contributed by atoms with Crippen LogP contribution in [0.5, 0.6) is 0 Å². The molecule has 1 unspecified atom stereocenters. The van der Waals surface area contributed by atoms with Crippen LogP contribution >= 0.6 is 0 Å². The van der Waals surface area contributed by atoms with Crippen molar-refractivity contribution in [1.29, 1.82) is 0 Å². The van der Waals surface area contributed by atoms with Gasteiger partial charge in [0.05, 0.1) is 10.8 Å². The van der Waals surface area contributed by atoms with Crippen LogP contribution in [0.3, 0.4) is 0 Å². The lowest BCUT2D eigenvalue weighted by Gasteiger charge is -2.21. The Balaban J connectivity index is 2.20. The topological polar surface area (TPSA) is 104 Å². The molecular formula is C15H20N2O5S. The smallest absolute Gasteiger partial charge is 0.308 e. The molecule has 1 saturated heterocycles. The second-order valence-corrected chi connectivity index (χ2v) is 8.28. The summed E-state index contributed by atoms with van der Waals surface area (Å²) in [5.74, 6) is -2.01. The third kappa shape index (κ3) is 4.08. The molecule has 1 heterocycles. The number of carbonyl (C=O) groups excluding carboxylic acids is 1. The minimum atomic E-state index is -3.64. The highest BCUT2D eigenvalue weighted by molar-refractivity contribution is 7.89. The quantitative estimate of drug-likeness (QED) is 0.857. The predicted molar refractivity (Wildman–Crippen MR) is 84.6 cm³/mol. The Morgan fingerprint density at radius 2 is 1.83 bits per heavy atom. The maximum absolute atomic E-state index is 12.2. The van der Waals surface area contributed by atoms with Crippen LogP contribution in [0, 0.1) is 5.92 Å². The number of nitrogens with zero attached hydrogens (tertiary/aromatic N) is 1. The summed E-state index contributed by atoms with van der Waals surface area (Å²) in [4.78, 5) is 24.3. The maximum atomic E-state index is 12.2. The molecule has 126 valence electrons. The molecule has 8 heteroatoms. The van der Waals surface area contributed by atoms with Crippen molar-refractivity contribution in [2.45, 2.75) is 37.6 Å². The van der Waals surface area contributed by atoms with Crippen LogP contribution in [0.1, 0.15) is 27.2 Å². The van der Waals surface area contributed by atoms with E-state index >= 15 is 0 Å². The summed E-state index contributed by atoms with van der Waals surface area (Å²) in [6.07, 6.45) is -0.0407. The Morgan fingerprint density at radius 1 is 1.26 bits per heavy atom. The van der Waals surface area contributed by atoms with E-state index < -0.39 is 27.4 Å². The van der Waals surface area contributed by atoms with Gasteiger partial charge in [0, 0.05) is 24.2 Å². The van der Waals surface area contributed by atoms with Gasteiger partial charge in [0.15, 0.2) is 0 Å². The van der Waals surface area contributed by atoms with Gasteiger partial charge in [-0.1, -0.05) is 0 Å². The van der Waals surface area contributed by atoms with Crippen LogP contribution in [0.25, 0.3) is 0 Å². The lowest BCUT2D eigenvalue weighted by Crippen LogP contribution is -2.40. The van der Waals surface area contributed by atoms with Gasteiger partial charge < -0.3 is 10.0 Å². The second-order valence-electron chi connectivity index (χ2n) is 6.59. The van der Waals surface area contributed by atoms with Crippen LogP contribution < -0.4 is 9.62 Å². The number of carboxylic acid groups (broad SMARTS) is 1. The van der Waals surface area contributed by atoms with Crippen molar-refractivity contribution < 1.29 is 23.1 Å². The van der Waals surface area contributed by atoms with E-state index in [-0.39, 0.29) is 23.8 Å². The number of benzene rings is 1. The Morgan fingerprint density at radius 3 is 2.26 bits per heavy atom. The fraction of sp³-hybridized carbons (Fsp3) is 0.467. The zero-order chi connectivity index (χ0) is 17.4. The number of nitrogens with one attached hydrogen (secondary N) is 1. The molecule has 1 aromatic rings. The number of hydrogen-bond donors (Lipinski definition) is 2. The average Bonchev–Trinajstić information content (AvgIpc) is 2.78. The zero-order valence-electron chi connectivity index (χ0n) is 13.2. The third-order valence-electron chi connectivity index (χ3n) is 3.37. The summed E-state index contributed by atoms with van der Waals surface area (Å²) in [6.45, 7) is 5.33. The Hall–Kier alpha value is -1.93. The highest BCUT2D eigenvalue weighted by Gasteiger charge is 2.35. The predicted octanol–water partition coefficient (Wildman–Crippen LogP) is 1.20. The van der Waals surface area contributed by atoms with Crippen LogP contribution in [0.2, 0.25) is 0 Å². The number of sulfonamides is 1. The fourth-order valence-electron chi connectivity index (χ4n) is 2.39. The van der Waals surface area contributed by atoms with Gasteiger partial charge in [0.2, 0.25) is 15.9 Å². The molecule has 1 aliphatic rings. The van der Waals surface area contributed by atoms with Gasteiger partial charge in [-0.2, -0.15) is 0 Å². The minimum Gasteiger partial charge on any atom is -0.481 e. The van der Waals surface area contributed by atoms with E-state index in [1.54, 1.807) is 20.8 Å². The molecule has 7 nitrogen and oxygen atoms in total. The molecule has 0 saturated carbocycles. The van der Waals surface area contributed by atoms with Crippen LogP contribution in [-0.4, -0.2) is 37.5 Å². The zero-order valence-corrected chi connectivity index (χ0v) is 14.1. The van der Waals surface area contributed by atoms with Gasteiger partial charge in [0.25, 0.3) is 0 Å². The number of carbonyl (C=O) groups is 2. The molecule has 1 aromatic carbocycles. The van der Waals surface area contributed by atoms with E-state index in [9.17, 15) is 18.0 Å². The number of aliphatic carboxylic acids is 1. The normalized spacial score (nSPS) is 19.2. The van der Waals surface area contributed by atoms with Crippen molar-refractivity contribution in [2.24, 2.45) is 5.92 Å². The average molecular weight is 340 g/mol. The number of anilines is 1. The van der Waals surface area contributed by atoms with Gasteiger partial charge in [-0.05, 0) is 45.0 Å². The molecule has 0 spiro atoms.